The highest BCUT2D eigenvalue weighted by molar-refractivity contribution is 5.75. The first-order valence-corrected chi connectivity index (χ1v) is 6.60. The molecule has 0 saturated heterocycles. The smallest absolute Gasteiger partial charge is 0.325 e. The summed E-state index contributed by atoms with van der Waals surface area (Å²) in [7, 11) is 3.51. The lowest BCUT2D eigenvalue weighted by atomic mass is 10.0. The van der Waals surface area contributed by atoms with Gasteiger partial charge in [-0.2, -0.15) is 0 Å². The fraction of sp³-hybridized carbons (Fsp3) is 0.533. The van der Waals surface area contributed by atoms with E-state index >= 15 is 0 Å². The van der Waals surface area contributed by atoms with Gasteiger partial charge in [0.1, 0.15) is 11.8 Å². The number of carboxylic acid groups (broad SMARTS) is 1. The van der Waals surface area contributed by atoms with E-state index in [4.69, 9.17) is 4.74 Å². The van der Waals surface area contributed by atoms with Gasteiger partial charge in [0, 0.05) is 6.54 Å². The summed E-state index contributed by atoms with van der Waals surface area (Å²) in [5.74, 6) is 0.664. The largest absolute Gasteiger partial charge is 0.496 e. The maximum Gasteiger partial charge on any atom is 0.325 e. The summed E-state index contributed by atoms with van der Waals surface area (Å²) in [4.78, 5) is 13.5. The summed E-state index contributed by atoms with van der Waals surface area (Å²) in [6, 6.07) is 5.01. The first-order valence-electron chi connectivity index (χ1n) is 6.60. The second-order valence-electron chi connectivity index (χ2n) is 5.35. The van der Waals surface area contributed by atoms with Gasteiger partial charge in [-0.25, -0.2) is 0 Å². The molecule has 104 valence electrons. The van der Waals surface area contributed by atoms with Crippen LogP contribution < -0.4 is 4.74 Å². The van der Waals surface area contributed by atoms with Crippen LogP contribution in [0.15, 0.2) is 18.2 Å². The number of ether oxygens (including phenoxy) is 1. The Hall–Kier alpha value is -1.55. The van der Waals surface area contributed by atoms with Crippen LogP contribution in [0.5, 0.6) is 5.75 Å². The predicted octanol–water partition coefficient (Wildman–Crippen LogP) is 2.47. The summed E-state index contributed by atoms with van der Waals surface area (Å²) in [5.41, 5.74) is 1.78. The highest BCUT2D eigenvalue weighted by Crippen LogP contribution is 2.33. The summed E-state index contributed by atoms with van der Waals surface area (Å²) in [6.45, 7) is 2.78. The molecule has 1 aromatic rings. The minimum atomic E-state index is -0.798. The van der Waals surface area contributed by atoms with Crippen molar-refractivity contribution in [2.75, 3.05) is 20.7 Å². The molecule has 1 aliphatic rings. The molecule has 0 aliphatic heterocycles. The molecule has 0 amide bonds. The van der Waals surface area contributed by atoms with Crippen LogP contribution in [0.4, 0.5) is 0 Å². The van der Waals surface area contributed by atoms with E-state index < -0.39 is 12.0 Å². The summed E-state index contributed by atoms with van der Waals surface area (Å²) < 4.78 is 5.21. The predicted molar refractivity (Wildman–Crippen MR) is 73.5 cm³/mol. The Morgan fingerprint density at radius 3 is 2.68 bits per heavy atom. The van der Waals surface area contributed by atoms with Gasteiger partial charge in [0.25, 0.3) is 0 Å². The van der Waals surface area contributed by atoms with Crippen LogP contribution in [0.2, 0.25) is 0 Å². The van der Waals surface area contributed by atoms with Gasteiger partial charge in [-0.1, -0.05) is 12.1 Å². The number of nitrogens with zero attached hydrogens (tertiary/aromatic N) is 1. The van der Waals surface area contributed by atoms with E-state index in [1.54, 1.807) is 7.11 Å². The number of rotatable bonds is 6. The first-order chi connectivity index (χ1) is 9.02. The van der Waals surface area contributed by atoms with Crippen LogP contribution >= 0.6 is 0 Å². The highest BCUT2D eigenvalue weighted by Gasteiger charge is 2.30. The van der Waals surface area contributed by atoms with E-state index in [1.165, 1.54) is 12.8 Å². The van der Waals surface area contributed by atoms with Crippen LogP contribution in [-0.4, -0.2) is 36.7 Å². The number of hydrogen-bond donors (Lipinski definition) is 1. The maximum absolute atomic E-state index is 11.5. The second kappa shape index (κ2) is 5.61. The summed E-state index contributed by atoms with van der Waals surface area (Å²) >= 11 is 0. The van der Waals surface area contributed by atoms with Crippen molar-refractivity contribution in [3.05, 3.63) is 29.3 Å². The molecular formula is C15H21NO3. The van der Waals surface area contributed by atoms with Crippen molar-refractivity contribution in [3.63, 3.8) is 0 Å². The lowest BCUT2D eigenvalue weighted by Crippen LogP contribution is -2.32. The van der Waals surface area contributed by atoms with Gasteiger partial charge < -0.3 is 9.84 Å². The van der Waals surface area contributed by atoms with Crippen LogP contribution in [0.1, 0.15) is 30.0 Å². The third kappa shape index (κ3) is 3.26. The number of hydrogen-bond acceptors (Lipinski definition) is 3. The molecule has 0 bridgehead atoms. The summed E-state index contributed by atoms with van der Waals surface area (Å²) in [6.07, 6.45) is 2.44. The minimum Gasteiger partial charge on any atom is -0.496 e. The zero-order valence-electron chi connectivity index (χ0n) is 11.7. The van der Waals surface area contributed by atoms with E-state index in [-0.39, 0.29) is 0 Å². The molecule has 1 saturated carbocycles. The Balaban J connectivity index is 2.22. The van der Waals surface area contributed by atoms with E-state index in [9.17, 15) is 9.90 Å². The zero-order chi connectivity index (χ0) is 14.0. The number of aryl methyl sites for hydroxylation is 1. The van der Waals surface area contributed by atoms with E-state index in [0.29, 0.717) is 5.92 Å². The Bertz CT molecular complexity index is 468. The first kappa shape index (κ1) is 13.9. The molecule has 1 N–H and O–H groups in total. The average molecular weight is 263 g/mol. The quantitative estimate of drug-likeness (QED) is 0.856. The molecule has 1 aromatic carbocycles. The molecule has 0 heterocycles. The van der Waals surface area contributed by atoms with E-state index in [2.05, 4.69) is 0 Å². The third-order valence-corrected chi connectivity index (χ3v) is 3.65. The standard InChI is InChI=1S/C15H21NO3/c1-10-8-12(6-7-13(10)19-3)14(15(17)18)16(2)9-11-4-5-11/h6-8,11,14H,4-5,9H2,1-3H3,(H,17,18). The number of carboxylic acids is 1. The topological polar surface area (TPSA) is 49.8 Å². The van der Waals surface area contributed by atoms with Crippen LogP contribution in [0.3, 0.4) is 0 Å². The second-order valence-corrected chi connectivity index (χ2v) is 5.35. The Morgan fingerprint density at radius 2 is 2.21 bits per heavy atom. The van der Waals surface area contributed by atoms with Gasteiger partial charge in [-0.3, -0.25) is 9.69 Å². The molecule has 0 aromatic heterocycles. The van der Waals surface area contributed by atoms with Gasteiger partial charge in [-0.15, -0.1) is 0 Å². The van der Waals surface area contributed by atoms with Crippen molar-refractivity contribution in [1.29, 1.82) is 0 Å². The van der Waals surface area contributed by atoms with Gasteiger partial charge >= 0.3 is 5.97 Å². The van der Waals surface area contributed by atoms with Crippen molar-refractivity contribution in [3.8, 4) is 5.75 Å². The molecular weight excluding hydrogens is 242 g/mol. The van der Waals surface area contributed by atoms with Gasteiger partial charge in [0.2, 0.25) is 0 Å². The van der Waals surface area contributed by atoms with Crippen molar-refractivity contribution < 1.29 is 14.6 Å². The van der Waals surface area contributed by atoms with Gasteiger partial charge in [0.15, 0.2) is 0 Å². The van der Waals surface area contributed by atoms with Gasteiger partial charge in [0.05, 0.1) is 7.11 Å². The van der Waals surface area contributed by atoms with E-state index in [1.807, 2.05) is 37.1 Å². The van der Waals surface area contributed by atoms with Crippen LogP contribution in [-0.2, 0) is 4.79 Å². The lowest BCUT2D eigenvalue weighted by Gasteiger charge is -2.25. The zero-order valence-corrected chi connectivity index (χ0v) is 11.7. The van der Waals surface area contributed by atoms with Crippen LogP contribution in [0.25, 0.3) is 0 Å². The molecule has 4 nitrogen and oxygen atoms in total. The molecule has 19 heavy (non-hydrogen) atoms. The Kier molecular flexibility index (Phi) is 4.10. The normalized spacial score (nSPS) is 16.4. The molecule has 1 aliphatic carbocycles. The van der Waals surface area contributed by atoms with Crippen molar-refractivity contribution in [2.45, 2.75) is 25.8 Å². The van der Waals surface area contributed by atoms with Gasteiger partial charge in [-0.05, 0) is 49.9 Å². The van der Waals surface area contributed by atoms with E-state index in [0.717, 1.165) is 23.4 Å². The number of benzene rings is 1. The number of carbonyl (C=O) groups is 1. The fourth-order valence-corrected chi connectivity index (χ4v) is 2.47. The van der Waals surface area contributed by atoms with Crippen LogP contribution in [0, 0.1) is 12.8 Å². The number of likely N-dealkylation sites (N-methyl/N-ethyl adjacent to an activating group) is 1. The highest BCUT2D eigenvalue weighted by atomic mass is 16.5. The maximum atomic E-state index is 11.5. The third-order valence-electron chi connectivity index (χ3n) is 3.65. The van der Waals surface area contributed by atoms with Crippen molar-refractivity contribution in [2.24, 2.45) is 5.92 Å². The SMILES string of the molecule is COc1ccc(C(C(=O)O)N(C)CC2CC2)cc1C. The monoisotopic (exact) mass is 263 g/mol. The number of methoxy groups -OCH3 is 1. The average Bonchev–Trinajstić information content (AvgIpc) is 3.12. The molecule has 1 fully saturated rings. The van der Waals surface area contributed by atoms with Crippen molar-refractivity contribution >= 4 is 5.97 Å². The molecule has 4 heteroatoms. The van der Waals surface area contributed by atoms with Crippen molar-refractivity contribution in [1.82, 2.24) is 4.90 Å². The molecule has 0 radical (unpaired) electrons. The molecule has 2 rings (SSSR count). The fourth-order valence-electron chi connectivity index (χ4n) is 2.47. The lowest BCUT2D eigenvalue weighted by molar-refractivity contribution is -0.143. The summed E-state index contributed by atoms with van der Waals surface area (Å²) in [5, 5.41) is 9.47. The molecule has 0 spiro atoms. The Labute approximate surface area is 114 Å². The number of aliphatic carboxylic acids is 1. The Morgan fingerprint density at radius 1 is 1.53 bits per heavy atom. The minimum absolute atomic E-state index is 0.579. The molecule has 1 atom stereocenters. The molecule has 1 unspecified atom stereocenters.